The molecule has 0 bridgehead atoms. The van der Waals surface area contributed by atoms with Crippen molar-refractivity contribution in [3.05, 3.63) is 47.8 Å². The fourth-order valence-corrected chi connectivity index (χ4v) is 2.27. The highest BCUT2D eigenvalue weighted by Gasteiger charge is 2.08. The third kappa shape index (κ3) is 3.61. The summed E-state index contributed by atoms with van der Waals surface area (Å²) in [5.74, 6) is 0. The minimum atomic E-state index is 0.416. The molecule has 0 fully saturated rings. The summed E-state index contributed by atoms with van der Waals surface area (Å²) in [7, 11) is 4.11. The van der Waals surface area contributed by atoms with E-state index in [2.05, 4.69) is 60.5 Å². The molecule has 4 heteroatoms. The van der Waals surface area contributed by atoms with E-state index in [-0.39, 0.29) is 0 Å². The standard InChI is InChI=1S/C16H24N4/c1-13(12-19(3)16-8-6-5-7-9-16)17-10-15-11-18-20(4)14(15)2/h5-9,11,13,17H,10,12H2,1-4H3/t13-/m0/s1. The van der Waals surface area contributed by atoms with Crippen LogP contribution in [0.1, 0.15) is 18.2 Å². The summed E-state index contributed by atoms with van der Waals surface area (Å²) in [4.78, 5) is 2.27. The molecular formula is C16H24N4. The van der Waals surface area contributed by atoms with Crippen molar-refractivity contribution >= 4 is 5.69 Å². The van der Waals surface area contributed by atoms with E-state index in [4.69, 9.17) is 0 Å². The highest BCUT2D eigenvalue weighted by atomic mass is 15.3. The van der Waals surface area contributed by atoms with Crippen LogP contribution in [-0.2, 0) is 13.6 Å². The van der Waals surface area contributed by atoms with E-state index in [0.29, 0.717) is 6.04 Å². The van der Waals surface area contributed by atoms with Gasteiger partial charge in [0.15, 0.2) is 0 Å². The van der Waals surface area contributed by atoms with Gasteiger partial charge in [-0.05, 0) is 26.0 Å². The first-order valence-electron chi connectivity index (χ1n) is 7.05. The molecule has 0 unspecified atom stereocenters. The van der Waals surface area contributed by atoms with Crippen molar-refractivity contribution in [1.82, 2.24) is 15.1 Å². The molecule has 0 amide bonds. The van der Waals surface area contributed by atoms with Crippen molar-refractivity contribution in [3.8, 4) is 0 Å². The van der Waals surface area contributed by atoms with E-state index < -0.39 is 0 Å². The zero-order valence-electron chi connectivity index (χ0n) is 12.8. The van der Waals surface area contributed by atoms with Crippen molar-refractivity contribution in [2.45, 2.75) is 26.4 Å². The molecule has 0 aliphatic rings. The molecular weight excluding hydrogens is 248 g/mol. The molecule has 1 aromatic carbocycles. The predicted octanol–water partition coefficient (Wildman–Crippen LogP) is 2.34. The molecule has 1 heterocycles. The zero-order chi connectivity index (χ0) is 14.5. The maximum Gasteiger partial charge on any atom is 0.0537 e. The largest absolute Gasteiger partial charge is 0.373 e. The first kappa shape index (κ1) is 14.6. The molecule has 1 N–H and O–H groups in total. The van der Waals surface area contributed by atoms with Gasteiger partial charge >= 0.3 is 0 Å². The smallest absolute Gasteiger partial charge is 0.0537 e. The summed E-state index contributed by atoms with van der Waals surface area (Å²) in [6.07, 6.45) is 1.94. The van der Waals surface area contributed by atoms with Gasteiger partial charge in [-0.3, -0.25) is 4.68 Å². The second kappa shape index (κ2) is 6.57. The van der Waals surface area contributed by atoms with E-state index in [1.165, 1.54) is 16.9 Å². The van der Waals surface area contributed by atoms with Crippen LogP contribution < -0.4 is 10.2 Å². The van der Waals surface area contributed by atoms with Gasteiger partial charge in [-0.25, -0.2) is 0 Å². The molecule has 0 radical (unpaired) electrons. The predicted molar refractivity (Wildman–Crippen MR) is 84.0 cm³/mol. The summed E-state index contributed by atoms with van der Waals surface area (Å²) in [5, 5.41) is 7.83. The Morgan fingerprint density at radius 2 is 2.00 bits per heavy atom. The molecule has 1 aromatic heterocycles. The second-order valence-corrected chi connectivity index (χ2v) is 5.38. The van der Waals surface area contributed by atoms with Crippen LogP contribution in [0.3, 0.4) is 0 Å². The van der Waals surface area contributed by atoms with Crippen LogP contribution in [-0.4, -0.2) is 29.4 Å². The van der Waals surface area contributed by atoms with Gasteiger partial charge in [0, 0.05) is 50.2 Å². The lowest BCUT2D eigenvalue weighted by molar-refractivity contribution is 0.544. The summed E-state index contributed by atoms with van der Waals surface area (Å²) in [6, 6.07) is 10.9. The van der Waals surface area contributed by atoms with E-state index in [9.17, 15) is 0 Å². The number of hydrogen-bond acceptors (Lipinski definition) is 3. The van der Waals surface area contributed by atoms with Crippen LogP contribution in [0.15, 0.2) is 36.5 Å². The molecule has 0 spiro atoms. The van der Waals surface area contributed by atoms with Gasteiger partial charge < -0.3 is 10.2 Å². The number of rotatable bonds is 6. The number of nitrogens with zero attached hydrogens (tertiary/aromatic N) is 3. The Kier molecular flexibility index (Phi) is 4.79. The molecule has 108 valence electrons. The van der Waals surface area contributed by atoms with Crippen LogP contribution in [0, 0.1) is 6.92 Å². The quantitative estimate of drug-likeness (QED) is 0.876. The lowest BCUT2D eigenvalue weighted by Crippen LogP contribution is -2.37. The van der Waals surface area contributed by atoms with Gasteiger partial charge in [-0.2, -0.15) is 5.10 Å². The van der Waals surface area contributed by atoms with Crippen LogP contribution in [0.25, 0.3) is 0 Å². The Balaban J connectivity index is 1.84. The summed E-state index contributed by atoms with van der Waals surface area (Å²) in [6.45, 7) is 6.16. The third-order valence-electron chi connectivity index (χ3n) is 3.72. The van der Waals surface area contributed by atoms with Gasteiger partial charge in [-0.15, -0.1) is 0 Å². The summed E-state index contributed by atoms with van der Waals surface area (Å²) >= 11 is 0. The lowest BCUT2D eigenvalue weighted by Gasteiger charge is -2.24. The van der Waals surface area contributed by atoms with E-state index in [1.54, 1.807) is 0 Å². The van der Waals surface area contributed by atoms with Crippen molar-refractivity contribution in [2.24, 2.45) is 7.05 Å². The van der Waals surface area contributed by atoms with Gasteiger partial charge in [0.1, 0.15) is 0 Å². The molecule has 4 nitrogen and oxygen atoms in total. The Morgan fingerprint density at radius 1 is 1.30 bits per heavy atom. The average Bonchev–Trinajstić information content (AvgIpc) is 2.77. The number of para-hydroxylation sites is 1. The highest BCUT2D eigenvalue weighted by molar-refractivity contribution is 5.45. The molecule has 20 heavy (non-hydrogen) atoms. The molecule has 0 saturated heterocycles. The van der Waals surface area contributed by atoms with Crippen molar-refractivity contribution in [3.63, 3.8) is 0 Å². The van der Waals surface area contributed by atoms with E-state index in [0.717, 1.165) is 13.1 Å². The molecule has 2 aromatic rings. The minimum absolute atomic E-state index is 0.416. The Hall–Kier alpha value is -1.81. The second-order valence-electron chi connectivity index (χ2n) is 5.38. The molecule has 0 aliphatic carbocycles. The first-order chi connectivity index (χ1) is 9.58. The van der Waals surface area contributed by atoms with E-state index in [1.807, 2.05) is 24.0 Å². The van der Waals surface area contributed by atoms with Crippen molar-refractivity contribution < 1.29 is 0 Å². The van der Waals surface area contributed by atoms with Gasteiger partial charge in [-0.1, -0.05) is 18.2 Å². The Bertz CT molecular complexity index is 533. The van der Waals surface area contributed by atoms with Gasteiger partial charge in [0.25, 0.3) is 0 Å². The Morgan fingerprint density at radius 3 is 2.60 bits per heavy atom. The Labute approximate surface area is 121 Å². The number of benzene rings is 1. The fourth-order valence-electron chi connectivity index (χ4n) is 2.27. The third-order valence-corrected chi connectivity index (χ3v) is 3.72. The van der Waals surface area contributed by atoms with Crippen molar-refractivity contribution in [1.29, 1.82) is 0 Å². The van der Waals surface area contributed by atoms with Gasteiger partial charge in [0.2, 0.25) is 0 Å². The van der Waals surface area contributed by atoms with Crippen LogP contribution in [0.4, 0.5) is 5.69 Å². The van der Waals surface area contributed by atoms with Gasteiger partial charge in [0.05, 0.1) is 6.20 Å². The van der Waals surface area contributed by atoms with Crippen LogP contribution in [0.2, 0.25) is 0 Å². The number of hydrogen-bond donors (Lipinski definition) is 1. The number of likely N-dealkylation sites (N-methyl/N-ethyl adjacent to an activating group) is 1. The molecule has 1 atom stereocenters. The van der Waals surface area contributed by atoms with Crippen LogP contribution in [0.5, 0.6) is 0 Å². The number of aryl methyl sites for hydroxylation is 1. The summed E-state index contributed by atoms with van der Waals surface area (Å²) < 4.78 is 1.91. The van der Waals surface area contributed by atoms with Crippen LogP contribution >= 0.6 is 0 Å². The minimum Gasteiger partial charge on any atom is -0.373 e. The number of nitrogens with one attached hydrogen (secondary N) is 1. The topological polar surface area (TPSA) is 33.1 Å². The van der Waals surface area contributed by atoms with E-state index >= 15 is 0 Å². The SMILES string of the molecule is Cc1c(CN[C@@H](C)CN(C)c2ccccc2)cnn1C. The number of anilines is 1. The first-order valence-corrected chi connectivity index (χ1v) is 7.05. The maximum atomic E-state index is 4.27. The maximum absolute atomic E-state index is 4.27. The average molecular weight is 272 g/mol. The van der Waals surface area contributed by atoms with Crippen molar-refractivity contribution in [2.75, 3.05) is 18.5 Å². The zero-order valence-corrected chi connectivity index (χ0v) is 12.8. The number of aromatic nitrogens is 2. The molecule has 0 aliphatic heterocycles. The lowest BCUT2D eigenvalue weighted by atomic mass is 10.2. The molecule has 0 saturated carbocycles. The summed E-state index contributed by atoms with van der Waals surface area (Å²) in [5.41, 5.74) is 3.74. The monoisotopic (exact) mass is 272 g/mol. The fraction of sp³-hybridized carbons (Fsp3) is 0.438. The highest BCUT2D eigenvalue weighted by Crippen LogP contribution is 2.11. The molecule has 2 rings (SSSR count). The normalized spacial score (nSPS) is 12.4.